The van der Waals surface area contributed by atoms with Crippen LogP contribution in [0.4, 0.5) is 0 Å². The van der Waals surface area contributed by atoms with Crippen molar-refractivity contribution in [2.24, 2.45) is 0 Å². The maximum Gasteiger partial charge on any atom is 0.270 e. The highest BCUT2D eigenvalue weighted by Crippen LogP contribution is 2.26. The number of rotatable bonds is 2. The maximum atomic E-state index is 12.7. The number of pyridine rings is 1. The Labute approximate surface area is 151 Å². The first-order chi connectivity index (χ1) is 12.1. The summed E-state index contributed by atoms with van der Waals surface area (Å²) in [5.41, 5.74) is 9.45. The van der Waals surface area contributed by atoms with Gasteiger partial charge in [-0.2, -0.15) is 0 Å². The van der Waals surface area contributed by atoms with Gasteiger partial charge in [-0.3, -0.25) is 15.6 Å². The molecule has 3 aromatic rings. The fraction of sp³-hybridized carbons (Fsp3) is 0.105. The summed E-state index contributed by atoms with van der Waals surface area (Å²) in [6.07, 6.45) is 0. The number of amides is 1. The topological polar surface area (TPSA) is 66.0 Å². The molecule has 0 aliphatic heterocycles. The smallest absolute Gasteiger partial charge is 0.270 e. The van der Waals surface area contributed by atoms with Crippen molar-refractivity contribution in [3.05, 3.63) is 65.7 Å². The molecule has 6 heteroatoms. The lowest BCUT2D eigenvalue weighted by atomic mass is 10.0. The Morgan fingerprint density at radius 1 is 1.04 bits per heavy atom. The Morgan fingerprint density at radius 3 is 2.52 bits per heavy atom. The molecular weight excluding hydrogens is 332 g/mol. The molecule has 0 spiro atoms. The average Bonchev–Trinajstić information content (AvgIpc) is 2.65. The van der Waals surface area contributed by atoms with Crippen LogP contribution >= 0.6 is 12.2 Å². The first-order valence-corrected chi connectivity index (χ1v) is 8.25. The third-order valence-corrected chi connectivity index (χ3v) is 4.20. The Bertz CT molecular complexity index is 955. The number of benzene rings is 2. The molecule has 1 aromatic heterocycles. The Kier molecular flexibility index (Phi) is 4.90. The fourth-order valence-corrected chi connectivity index (χ4v) is 2.66. The van der Waals surface area contributed by atoms with Gasteiger partial charge in [0.1, 0.15) is 0 Å². The van der Waals surface area contributed by atoms with Crippen LogP contribution in [0.5, 0.6) is 0 Å². The molecule has 3 rings (SSSR count). The highest BCUT2D eigenvalue weighted by Gasteiger charge is 2.14. The molecule has 0 aliphatic carbocycles. The normalized spacial score (nSPS) is 10.3. The molecule has 0 fully saturated rings. The number of carbonyl (C=O) groups excluding carboxylic acids is 1. The van der Waals surface area contributed by atoms with E-state index in [-0.39, 0.29) is 5.91 Å². The number of para-hydroxylation sites is 1. The molecule has 0 saturated carbocycles. The van der Waals surface area contributed by atoms with Crippen LogP contribution in [0.2, 0.25) is 0 Å². The molecule has 0 aliphatic rings. The van der Waals surface area contributed by atoms with Crippen molar-refractivity contribution in [3.63, 3.8) is 0 Å². The molecule has 2 aromatic carbocycles. The summed E-state index contributed by atoms with van der Waals surface area (Å²) in [5, 5.41) is 3.87. The SMILES string of the molecule is CNC(=S)NNC(=O)c1cc(-c2ccccc2C)nc2ccccc12. The highest BCUT2D eigenvalue weighted by atomic mass is 32.1. The molecule has 0 atom stereocenters. The fourth-order valence-electron chi connectivity index (χ4n) is 2.60. The molecule has 126 valence electrons. The van der Waals surface area contributed by atoms with Crippen LogP contribution in [0.25, 0.3) is 22.2 Å². The molecule has 3 N–H and O–H groups in total. The molecular formula is C19H18N4OS. The van der Waals surface area contributed by atoms with Crippen molar-refractivity contribution < 1.29 is 4.79 Å². The van der Waals surface area contributed by atoms with Crippen molar-refractivity contribution in [3.8, 4) is 11.3 Å². The summed E-state index contributed by atoms with van der Waals surface area (Å²) < 4.78 is 0. The summed E-state index contributed by atoms with van der Waals surface area (Å²) >= 11 is 4.99. The zero-order chi connectivity index (χ0) is 17.8. The molecule has 1 amide bonds. The van der Waals surface area contributed by atoms with E-state index in [1.54, 1.807) is 7.05 Å². The third kappa shape index (κ3) is 3.59. The van der Waals surface area contributed by atoms with E-state index in [0.717, 1.165) is 27.7 Å². The van der Waals surface area contributed by atoms with Gasteiger partial charge < -0.3 is 5.32 Å². The number of thiocarbonyl (C=S) groups is 1. The van der Waals surface area contributed by atoms with Gasteiger partial charge >= 0.3 is 0 Å². The second kappa shape index (κ2) is 7.27. The van der Waals surface area contributed by atoms with Crippen LogP contribution in [-0.2, 0) is 0 Å². The Morgan fingerprint density at radius 2 is 1.76 bits per heavy atom. The quantitative estimate of drug-likeness (QED) is 0.490. The highest BCUT2D eigenvalue weighted by molar-refractivity contribution is 7.80. The van der Waals surface area contributed by atoms with Crippen LogP contribution in [0.3, 0.4) is 0 Å². The van der Waals surface area contributed by atoms with E-state index >= 15 is 0 Å². The van der Waals surface area contributed by atoms with Gasteiger partial charge in [-0.05, 0) is 36.8 Å². The van der Waals surface area contributed by atoms with E-state index in [1.807, 2.05) is 61.5 Å². The lowest BCUT2D eigenvalue weighted by molar-refractivity contribution is 0.0945. The summed E-state index contributed by atoms with van der Waals surface area (Å²) in [4.78, 5) is 17.4. The van der Waals surface area contributed by atoms with E-state index < -0.39 is 0 Å². The number of hydrogen-bond acceptors (Lipinski definition) is 3. The standard InChI is InChI=1S/C19H18N4OS/c1-12-7-3-4-8-13(12)17-11-15(18(24)22-23-19(25)20-2)14-9-5-6-10-16(14)21-17/h3-11H,1-2H3,(H,22,24)(H2,20,23,25). The van der Waals surface area contributed by atoms with Crippen LogP contribution in [-0.4, -0.2) is 23.1 Å². The van der Waals surface area contributed by atoms with E-state index in [4.69, 9.17) is 17.2 Å². The second-order valence-electron chi connectivity index (χ2n) is 5.55. The molecule has 0 unspecified atom stereocenters. The number of hydrazine groups is 1. The third-order valence-electron chi connectivity index (χ3n) is 3.90. The molecule has 0 bridgehead atoms. The van der Waals surface area contributed by atoms with E-state index in [2.05, 4.69) is 16.2 Å². The first-order valence-electron chi connectivity index (χ1n) is 7.84. The van der Waals surface area contributed by atoms with Crippen molar-refractivity contribution >= 4 is 34.1 Å². The predicted molar refractivity (Wildman–Crippen MR) is 104 cm³/mol. The molecule has 25 heavy (non-hydrogen) atoms. The summed E-state index contributed by atoms with van der Waals surface area (Å²) in [5.74, 6) is -0.272. The van der Waals surface area contributed by atoms with Gasteiger partial charge in [-0.1, -0.05) is 42.5 Å². The lowest BCUT2D eigenvalue weighted by Crippen LogP contribution is -2.45. The first kappa shape index (κ1) is 16.9. The monoisotopic (exact) mass is 350 g/mol. The van der Waals surface area contributed by atoms with Crippen molar-refractivity contribution in [2.45, 2.75) is 6.92 Å². The lowest BCUT2D eigenvalue weighted by Gasteiger charge is -2.13. The average molecular weight is 350 g/mol. The van der Waals surface area contributed by atoms with Crippen molar-refractivity contribution in [2.75, 3.05) is 7.05 Å². The minimum absolute atomic E-state index is 0.272. The van der Waals surface area contributed by atoms with Gasteiger partial charge in [-0.15, -0.1) is 0 Å². The molecule has 5 nitrogen and oxygen atoms in total. The van der Waals surface area contributed by atoms with Gasteiger partial charge in [0.2, 0.25) is 0 Å². The van der Waals surface area contributed by atoms with Gasteiger partial charge in [0.25, 0.3) is 5.91 Å². The number of nitrogens with one attached hydrogen (secondary N) is 3. The zero-order valence-electron chi connectivity index (χ0n) is 14.0. The largest absolute Gasteiger partial charge is 0.364 e. The van der Waals surface area contributed by atoms with Crippen LogP contribution in [0.15, 0.2) is 54.6 Å². The number of hydrogen-bond donors (Lipinski definition) is 3. The number of aryl methyl sites for hydroxylation is 1. The molecule has 0 radical (unpaired) electrons. The minimum Gasteiger partial charge on any atom is -0.364 e. The van der Waals surface area contributed by atoms with Gasteiger partial charge in [0.05, 0.1) is 16.8 Å². The predicted octanol–water partition coefficient (Wildman–Crippen LogP) is 2.95. The summed E-state index contributed by atoms with van der Waals surface area (Å²) in [7, 11) is 1.68. The van der Waals surface area contributed by atoms with Crippen molar-refractivity contribution in [1.29, 1.82) is 0 Å². The number of fused-ring (bicyclic) bond motifs is 1. The van der Waals surface area contributed by atoms with Gasteiger partial charge in [0, 0.05) is 18.0 Å². The van der Waals surface area contributed by atoms with Crippen molar-refractivity contribution in [1.82, 2.24) is 21.2 Å². The minimum atomic E-state index is -0.272. The second-order valence-corrected chi connectivity index (χ2v) is 5.95. The number of aromatic nitrogens is 1. The molecule has 1 heterocycles. The van der Waals surface area contributed by atoms with E-state index in [1.165, 1.54) is 0 Å². The van der Waals surface area contributed by atoms with Gasteiger partial charge in [-0.25, -0.2) is 4.98 Å². The molecule has 0 saturated heterocycles. The number of nitrogens with zero attached hydrogens (tertiary/aromatic N) is 1. The van der Waals surface area contributed by atoms with Crippen LogP contribution in [0.1, 0.15) is 15.9 Å². The number of carbonyl (C=O) groups is 1. The van der Waals surface area contributed by atoms with E-state index in [9.17, 15) is 4.79 Å². The summed E-state index contributed by atoms with van der Waals surface area (Å²) in [6.45, 7) is 2.03. The van der Waals surface area contributed by atoms with Crippen LogP contribution in [0, 0.1) is 6.92 Å². The van der Waals surface area contributed by atoms with Crippen LogP contribution < -0.4 is 16.2 Å². The maximum absolute atomic E-state index is 12.7. The summed E-state index contributed by atoms with van der Waals surface area (Å²) in [6, 6.07) is 17.4. The Balaban J connectivity index is 2.09. The zero-order valence-corrected chi connectivity index (χ0v) is 14.8. The Hall–Kier alpha value is -2.99. The van der Waals surface area contributed by atoms with E-state index in [0.29, 0.717) is 10.7 Å². The van der Waals surface area contributed by atoms with Gasteiger partial charge in [0.15, 0.2) is 5.11 Å².